The monoisotopic (exact) mass is 318 g/mol. The molecular weight excluding hydrogens is 303 g/mol. The minimum absolute atomic E-state index is 0.155. The lowest BCUT2D eigenvalue weighted by molar-refractivity contribution is -0.141. The number of carbonyl (C=O) groups excluding carboxylic acids is 1. The third-order valence-electron chi connectivity index (χ3n) is 4.17. The molecule has 1 aromatic heterocycles. The van der Waals surface area contributed by atoms with E-state index in [0.29, 0.717) is 24.6 Å². The molecule has 1 saturated carbocycles. The molecule has 0 unspecified atom stereocenters. The van der Waals surface area contributed by atoms with Crippen LogP contribution < -0.4 is 10.9 Å². The number of H-pyrrole nitrogens is 1. The average molecular weight is 318 g/mol. The molecule has 0 radical (unpaired) electrons. The summed E-state index contributed by atoms with van der Waals surface area (Å²) in [5, 5.41) is 12.2. The number of nitrogens with one attached hydrogen (secondary N) is 2. The van der Waals surface area contributed by atoms with E-state index in [1.165, 1.54) is 18.2 Å². The van der Waals surface area contributed by atoms with Crippen LogP contribution in [0.5, 0.6) is 0 Å². The summed E-state index contributed by atoms with van der Waals surface area (Å²) in [6.07, 6.45) is 1.47. The number of hydrogen-bond donors (Lipinski definition) is 3. The normalized spacial score (nSPS) is 20.6. The summed E-state index contributed by atoms with van der Waals surface area (Å²) in [4.78, 5) is 37.5. The van der Waals surface area contributed by atoms with Crippen molar-refractivity contribution in [3.8, 4) is 0 Å². The van der Waals surface area contributed by atoms with E-state index in [1.807, 2.05) is 0 Å². The van der Waals surface area contributed by atoms with E-state index in [4.69, 9.17) is 5.11 Å². The number of pyridine rings is 1. The third-order valence-corrected chi connectivity index (χ3v) is 4.17. The topological polar surface area (TPSA) is 99.3 Å². The van der Waals surface area contributed by atoms with Gasteiger partial charge >= 0.3 is 5.97 Å². The van der Waals surface area contributed by atoms with Crippen LogP contribution in [0.15, 0.2) is 29.1 Å². The Hall–Kier alpha value is -2.70. The van der Waals surface area contributed by atoms with E-state index >= 15 is 0 Å². The maximum atomic E-state index is 13.3. The fraction of sp³-hybridized carbons (Fsp3) is 0.312. The third kappa shape index (κ3) is 3.08. The Morgan fingerprint density at radius 3 is 2.74 bits per heavy atom. The van der Waals surface area contributed by atoms with Crippen molar-refractivity contribution in [2.45, 2.75) is 25.3 Å². The van der Waals surface area contributed by atoms with E-state index in [0.717, 1.165) is 6.07 Å². The molecule has 23 heavy (non-hydrogen) atoms. The van der Waals surface area contributed by atoms with Crippen molar-refractivity contribution in [1.82, 2.24) is 10.3 Å². The molecule has 3 N–H and O–H groups in total. The van der Waals surface area contributed by atoms with E-state index in [1.54, 1.807) is 0 Å². The van der Waals surface area contributed by atoms with Crippen LogP contribution in [0.2, 0.25) is 0 Å². The van der Waals surface area contributed by atoms with Gasteiger partial charge in [-0.15, -0.1) is 0 Å². The number of halogens is 1. The van der Waals surface area contributed by atoms with Gasteiger partial charge in [-0.25, -0.2) is 4.39 Å². The van der Waals surface area contributed by atoms with Gasteiger partial charge in [0.25, 0.3) is 5.91 Å². The lowest BCUT2D eigenvalue weighted by atomic mass is 10.1. The maximum absolute atomic E-state index is 13.3. The number of carboxylic acids is 1. The lowest BCUT2D eigenvalue weighted by Crippen LogP contribution is -2.34. The van der Waals surface area contributed by atoms with Gasteiger partial charge in [0.15, 0.2) is 0 Å². The SMILES string of the molecule is O=C(N[C@@H]1CC[C@H](C(=O)O)C1)c1cc(=O)[nH]c2cc(F)ccc12. The Morgan fingerprint density at radius 2 is 2.04 bits per heavy atom. The number of carbonyl (C=O) groups is 2. The van der Waals surface area contributed by atoms with Gasteiger partial charge in [-0.05, 0) is 37.5 Å². The first kappa shape index (κ1) is 15.2. The standard InChI is InChI=1S/C16H15FN2O4/c17-9-2-4-11-12(7-14(20)19-13(11)6-9)15(21)18-10-3-1-8(5-10)16(22)23/h2,4,6-8,10H,1,3,5H2,(H,18,21)(H,19,20)(H,22,23)/t8-,10+/m0/s1. The first-order chi connectivity index (χ1) is 10.9. The zero-order valence-corrected chi connectivity index (χ0v) is 12.1. The molecule has 120 valence electrons. The summed E-state index contributed by atoms with van der Waals surface area (Å²) in [5.41, 5.74) is -0.0944. The summed E-state index contributed by atoms with van der Waals surface area (Å²) in [7, 11) is 0. The van der Waals surface area contributed by atoms with E-state index < -0.39 is 29.2 Å². The summed E-state index contributed by atoms with van der Waals surface area (Å²) in [6.45, 7) is 0. The van der Waals surface area contributed by atoms with Gasteiger partial charge in [0.1, 0.15) is 5.82 Å². The molecule has 0 saturated heterocycles. The molecule has 1 amide bonds. The first-order valence-electron chi connectivity index (χ1n) is 7.30. The van der Waals surface area contributed by atoms with Crippen molar-refractivity contribution < 1.29 is 19.1 Å². The van der Waals surface area contributed by atoms with Crippen molar-refractivity contribution in [1.29, 1.82) is 0 Å². The Kier molecular flexibility index (Phi) is 3.85. The van der Waals surface area contributed by atoms with Crippen LogP contribution in [0.4, 0.5) is 4.39 Å². The second-order valence-electron chi connectivity index (χ2n) is 5.76. The van der Waals surface area contributed by atoms with Gasteiger partial charge < -0.3 is 15.4 Å². The molecule has 1 heterocycles. The highest BCUT2D eigenvalue weighted by Crippen LogP contribution is 2.26. The van der Waals surface area contributed by atoms with Crippen LogP contribution in [-0.4, -0.2) is 28.0 Å². The number of fused-ring (bicyclic) bond motifs is 1. The predicted octanol–water partition coefficient (Wildman–Crippen LogP) is 1.65. The number of hydrogen-bond acceptors (Lipinski definition) is 3. The van der Waals surface area contributed by atoms with E-state index in [2.05, 4.69) is 10.3 Å². The van der Waals surface area contributed by atoms with Gasteiger partial charge in [0.2, 0.25) is 5.56 Å². The highest BCUT2D eigenvalue weighted by molar-refractivity contribution is 6.06. The van der Waals surface area contributed by atoms with Crippen LogP contribution in [0.3, 0.4) is 0 Å². The summed E-state index contributed by atoms with van der Waals surface area (Å²) >= 11 is 0. The maximum Gasteiger partial charge on any atom is 0.306 e. The van der Waals surface area contributed by atoms with Gasteiger partial charge in [0, 0.05) is 17.5 Å². The number of benzene rings is 1. The Labute approximate surface area is 130 Å². The fourth-order valence-corrected chi connectivity index (χ4v) is 3.02. The molecule has 2 aromatic rings. The number of aromatic nitrogens is 1. The van der Waals surface area contributed by atoms with Gasteiger partial charge in [-0.2, -0.15) is 0 Å². The highest BCUT2D eigenvalue weighted by Gasteiger charge is 2.31. The zero-order chi connectivity index (χ0) is 16.6. The summed E-state index contributed by atoms with van der Waals surface area (Å²) in [5.74, 6) is -2.28. The van der Waals surface area contributed by atoms with E-state index in [-0.39, 0.29) is 17.1 Å². The number of rotatable bonds is 3. The molecule has 6 nitrogen and oxygen atoms in total. The summed E-state index contributed by atoms with van der Waals surface area (Å²) in [6, 6.07) is 4.74. The second kappa shape index (κ2) is 5.83. The minimum Gasteiger partial charge on any atom is -0.481 e. The highest BCUT2D eigenvalue weighted by atomic mass is 19.1. The molecule has 0 bridgehead atoms. The fourth-order valence-electron chi connectivity index (χ4n) is 3.02. The number of aromatic amines is 1. The van der Waals surface area contributed by atoms with Crippen LogP contribution in [0.25, 0.3) is 10.9 Å². The average Bonchev–Trinajstić information content (AvgIpc) is 2.94. The predicted molar refractivity (Wildman–Crippen MR) is 80.8 cm³/mol. The Morgan fingerprint density at radius 1 is 1.26 bits per heavy atom. The number of amides is 1. The molecule has 1 fully saturated rings. The van der Waals surface area contributed by atoms with Gasteiger partial charge in [0.05, 0.1) is 17.0 Å². The van der Waals surface area contributed by atoms with Crippen molar-refractivity contribution >= 4 is 22.8 Å². The van der Waals surface area contributed by atoms with E-state index in [9.17, 15) is 18.8 Å². The van der Waals surface area contributed by atoms with Crippen LogP contribution in [0.1, 0.15) is 29.6 Å². The lowest BCUT2D eigenvalue weighted by Gasteiger charge is -2.13. The first-order valence-corrected chi connectivity index (χ1v) is 7.30. The molecule has 3 rings (SSSR count). The molecule has 0 aliphatic heterocycles. The molecule has 1 aromatic carbocycles. The number of carboxylic acid groups (broad SMARTS) is 1. The van der Waals surface area contributed by atoms with Gasteiger partial charge in [-0.3, -0.25) is 14.4 Å². The summed E-state index contributed by atoms with van der Waals surface area (Å²) < 4.78 is 13.3. The Balaban J connectivity index is 1.87. The zero-order valence-electron chi connectivity index (χ0n) is 12.1. The van der Waals surface area contributed by atoms with Crippen molar-refractivity contribution in [3.63, 3.8) is 0 Å². The van der Waals surface area contributed by atoms with Crippen molar-refractivity contribution in [2.75, 3.05) is 0 Å². The van der Waals surface area contributed by atoms with Crippen molar-refractivity contribution in [2.24, 2.45) is 5.92 Å². The second-order valence-corrected chi connectivity index (χ2v) is 5.76. The molecule has 1 aliphatic carbocycles. The van der Waals surface area contributed by atoms with Gasteiger partial charge in [-0.1, -0.05) is 0 Å². The van der Waals surface area contributed by atoms with Crippen molar-refractivity contribution in [3.05, 3.63) is 46.0 Å². The molecule has 0 spiro atoms. The number of aliphatic carboxylic acids is 1. The largest absolute Gasteiger partial charge is 0.481 e. The Bertz CT molecular complexity index is 846. The molecular formula is C16H15FN2O4. The molecule has 1 aliphatic rings. The van der Waals surface area contributed by atoms with Crippen LogP contribution in [0, 0.1) is 11.7 Å². The molecule has 2 atom stereocenters. The smallest absolute Gasteiger partial charge is 0.306 e. The minimum atomic E-state index is -0.862. The van der Waals surface area contributed by atoms with Crippen LogP contribution in [-0.2, 0) is 4.79 Å². The quantitative estimate of drug-likeness (QED) is 0.801. The van der Waals surface area contributed by atoms with Crippen LogP contribution >= 0.6 is 0 Å². The molecule has 7 heteroatoms.